The highest BCUT2D eigenvalue weighted by Gasteiger charge is 2.69. The van der Waals surface area contributed by atoms with Gasteiger partial charge in [-0.1, -0.05) is 6.92 Å². The van der Waals surface area contributed by atoms with Gasteiger partial charge in [-0.25, -0.2) is 8.78 Å². The summed E-state index contributed by atoms with van der Waals surface area (Å²) in [5.74, 6) is -2.73. The van der Waals surface area contributed by atoms with Crippen LogP contribution in [0.1, 0.15) is 19.8 Å². The molecule has 0 aromatic carbocycles. The topological polar surface area (TPSA) is 12.0 Å². The maximum absolute atomic E-state index is 13.1. The molecule has 2 rings (SSSR count). The smallest absolute Gasteiger partial charge is 0.254 e. The van der Waals surface area contributed by atoms with E-state index in [4.69, 9.17) is 0 Å². The van der Waals surface area contributed by atoms with E-state index >= 15 is 0 Å². The van der Waals surface area contributed by atoms with Crippen LogP contribution in [0.4, 0.5) is 8.78 Å². The van der Waals surface area contributed by atoms with Crippen LogP contribution in [0.2, 0.25) is 0 Å². The average molecular weight is 212 g/mol. The van der Waals surface area contributed by atoms with Crippen molar-refractivity contribution < 1.29 is 8.78 Å². The molecule has 1 aliphatic carbocycles. The number of halogens is 3. The summed E-state index contributed by atoms with van der Waals surface area (Å²) in [6.07, 6.45) is 1.57. The largest absolute Gasteiger partial charge is 0.316 e. The van der Waals surface area contributed by atoms with Crippen LogP contribution < -0.4 is 5.32 Å². The van der Waals surface area contributed by atoms with Gasteiger partial charge in [-0.05, 0) is 31.8 Å². The van der Waals surface area contributed by atoms with Gasteiger partial charge in [0, 0.05) is 11.8 Å². The van der Waals surface area contributed by atoms with Gasteiger partial charge in [0.1, 0.15) is 0 Å². The van der Waals surface area contributed by atoms with Crippen LogP contribution in [0.3, 0.4) is 0 Å². The van der Waals surface area contributed by atoms with E-state index in [9.17, 15) is 8.78 Å². The summed E-state index contributed by atoms with van der Waals surface area (Å²) in [4.78, 5) is 0. The number of hydrogen-bond acceptors (Lipinski definition) is 1. The van der Waals surface area contributed by atoms with E-state index < -0.39 is 5.92 Å². The molecule has 1 N–H and O–H groups in total. The predicted octanol–water partition coefficient (Wildman–Crippen LogP) is 2.31. The van der Waals surface area contributed by atoms with E-state index in [2.05, 4.69) is 5.32 Å². The fourth-order valence-corrected chi connectivity index (χ4v) is 2.57. The van der Waals surface area contributed by atoms with Crippen molar-refractivity contribution >= 4 is 12.4 Å². The van der Waals surface area contributed by atoms with Crippen molar-refractivity contribution in [3.63, 3.8) is 0 Å². The SMILES string of the molecule is CCC1C(C2CCNC2)C1(F)F.Cl. The Kier molecular flexibility index (Phi) is 3.18. The lowest BCUT2D eigenvalue weighted by Crippen LogP contribution is -2.13. The molecular weight excluding hydrogens is 196 g/mol. The summed E-state index contributed by atoms with van der Waals surface area (Å²) in [5, 5.41) is 3.14. The van der Waals surface area contributed by atoms with Crippen molar-refractivity contribution in [2.45, 2.75) is 25.7 Å². The van der Waals surface area contributed by atoms with Gasteiger partial charge in [-0.2, -0.15) is 0 Å². The first-order chi connectivity index (χ1) is 5.68. The maximum atomic E-state index is 13.1. The van der Waals surface area contributed by atoms with Gasteiger partial charge in [0.25, 0.3) is 5.92 Å². The summed E-state index contributed by atoms with van der Waals surface area (Å²) < 4.78 is 26.2. The molecule has 4 heteroatoms. The Balaban J connectivity index is 0.000000845. The van der Waals surface area contributed by atoms with Crippen LogP contribution in [-0.4, -0.2) is 19.0 Å². The lowest BCUT2D eigenvalue weighted by molar-refractivity contribution is 0.0748. The zero-order valence-corrected chi connectivity index (χ0v) is 8.54. The molecule has 3 unspecified atom stereocenters. The normalized spacial score (nSPS) is 41.3. The third kappa shape index (κ3) is 1.68. The van der Waals surface area contributed by atoms with Gasteiger partial charge in [0.2, 0.25) is 0 Å². The Labute approximate surface area is 83.7 Å². The van der Waals surface area contributed by atoms with Crippen molar-refractivity contribution in [3.05, 3.63) is 0 Å². The Morgan fingerprint density at radius 2 is 2.15 bits per heavy atom. The zero-order valence-electron chi connectivity index (χ0n) is 7.72. The van der Waals surface area contributed by atoms with Gasteiger partial charge < -0.3 is 5.32 Å². The molecule has 0 radical (unpaired) electrons. The molecule has 1 heterocycles. The first-order valence-corrected chi connectivity index (χ1v) is 4.76. The lowest BCUT2D eigenvalue weighted by Gasteiger charge is -2.04. The molecule has 3 atom stereocenters. The third-order valence-corrected chi connectivity index (χ3v) is 3.31. The minimum absolute atomic E-state index is 0. The van der Waals surface area contributed by atoms with E-state index in [0.29, 0.717) is 6.42 Å². The molecule has 13 heavy (non-hydrogen) atoms. The van der Waals surface area contributed by atoms with Crippen molar-refractivity contribution in [1.29, 1.82) is 0 Å². The molecular formula is C9H16ClF2N. The highest BCUT2D eigenvalue weighted by atomic mass is 35.5. The monoisotopic (exact) mass is 211 g/mol. The lowest BCUT2D eigenvalue weighted by atomic mass is 10.0. The predicted molar refractivity (Wildman–Crippen MR) is 50.4 cm³/mol. The highest BCUT2D eigenvalue weighted by Crippen LogP contribution is 2.61. The Morgan fingerprint density at radius 1 is 1.46 bits per heavy atom. The minimum Gasteiger partial charge on any atom is -0.316 e. The van der Waals surface area contributed by atoms with Crippen molar-refractivity contribution in [2.24, 2.45) is 17.8 Å². The van der Waals surface area contributed by atoms with Gasteiger partial charge in [0.05, 0.1) is 0 Å². The van der Waals surface area contributed by atoms with Crippen LogP contribution in [0.25, 0.3) is 0 Å². The van der Waals surface area contributed by atoms with E-state index in [-0.39, 0.29) is 30.2 Å². The number of rotatable bonds is 2. The van der Waals surface area contributed by atoms with E-state index in [1.165, 1.54) is 0 Å². The van der Waals surface area contributed by atoms with Crippen molar-refractivity contribution in [3.8, 4) is 0 Å². The summed E-state index contributed by atoms with van der Waals surface area (Å²) in [5.41, 5.74) is 0. The first kappa shape index (κ1) is 11.2. The van der Waals surface area contributed by atoms with Crippen LogP contribution in [0, 0.1) is 17.8 Å². The molecule has 1 nitrogen and oxygen atoms in total. The number of hydrogen-bond donors (Lipinski definition) is 1. The van der Waals surface area contributed by atoms with Crippen LogP contribution in [-0.2, 0) is 0 Å². The van der Waals surface area contributed by atoms with Crippen molar-refractivity contribution in [1.82, 2.24) is 5.32 Å². The Bertz CT molecular complexity index is 180. The summed E-state index contributed by atoms with van der Waals surface area (Å²) in [6, 6.07) is 0. The van der Waals surface area contributed by atoms with E-state index in [1.54, 1.807) is 0 Å². The molecule has 1 saturated carbocycles. The van der Waals surface area contributed by atoms with Gasteiger partial charge >= 0.3 is 0 Å². The average Bonchev–Trinajstić information content (AvgIpc) is 2.50. The Morgan fingerprint density at radius 3 is 2.54 bits per heavy atom. The molecule has 2 fully saturated rings. The molecule has 0 aromatic heterocycles. The standard InChI is InChI=1S/C9H15F2N.ClH/c1-2-7-8(9(7,10)11)6-3-4-12-5-6;/h6-8,12H,2-5H2,1H3;1H. The molecule has 2 aliphatic rings. The zero-order chi connectivity index (χ0) is 8.77. The van der Waals surface area contributed by atoms with E-state index in [1.807, 2.05) is 6.92 Å². The molecule has 0 aromatic rings. The third-order valence-electron chi connectivity index (χ3n) is 3.31. The van der Waals surface area contributed by atoms with Gasteiger partial charge in [-0.15, -0.1) is 12.4 Å². The van der Waals surface area contributed by atoms with Gasteiger partial charge in [-0.3, -0.25) is 0 Å². The van der Waals surface area contributed by atoms with Gasteiger partial charge in [0.15, 0.2) is 0 Å². The minimum atomic E-state index is -2.34. The quantitative estimate of drug-likeness (QED) is 0.739. The summed E-state index contributed by atoms with van der Waals surface area (Å²) in [6.45, 7) is 3.59. The highest BCUT2D eigenvalue weighted by molar-refractivity contribution is 5.85. The van der Waals surface area contributed by atoms with Crippen molar-refractivity contribution in [2.75, 3.05) is 13.1 Å². The second-order valence-corrected chi connectivity index (χ2v) is 3.97. The second kappa shape index (κ2) is 3.70. The first-order valence-electron chi connectivity index (χ1n) is 4.76. The van der Waals surface area contributed by atoms with E-state index in [0.717, 1.165) is 19.5 Å². The molecule has 0 bridgehead atoms. The van der Waals surface area contributed by atoms with Crippen LogP contribution in [0.5, 0.6) is 0 Å². The van der Waals surface area contributed by atoms with Crippen LogP contribution in [0.15, 0.2) is 0 Å². The molecule has 1 aliphatic heterocycles. The fraction of sp³-hybridized carbons (Fsp3) is 1.00. The van der Waals surface area contributed by atoms with Crippen LogP contribution >= 0.6 is 12.4 Å². The summed E-state index contributed by atoms with van der Waals surface area (Å²) in [7, 11) is 0. The fourth-order valence-electron chi connectivity index (χ4n) is 2.57. The second-order valence-electron chi connectivity index (χ2n) is 3.97. The molecule has 0 amide bonds. The number of nitrogens with one attached hydrogen (secondary N) is 1. The maximum Gasteiger partial charge on any atom is 0.254 e. The molecule has 78 valence electrons. The Hall–Kier alpha value is 0.110. The molecule has 0 spiro atoms. The number of alkyl halides is 2. The summed E-state index contributed by atoms with van der Waals surface area (Å²) >= 11 is 0. The molecule has 1 saturated heterocycles.